The molecule has 0 unspecified atom stereocenters. The average Bonchev–Trinajstić information content (AvgIpc) is 3.33. The monoisotopic (exact) mass is 472 g/mol. The molecular weight excluding hydrogens is 444 g/mol. The van der Waals surface area contributed by atoms with Crippen molar-refractivity contribution >= 4 is 17.2 Å². The molecule has 6 heteroatoms. The van der Waals surface area contributed by atoms with Crippen molar-refractivity contribution in [2.75, 3.05) is 6.61 Å². The first-order chi connectivity index (χ1) is 16.7. The van der Waals surface area contributed by atoms with Crippen LogP contribution in [0.15, 0.2) is 84.2 Å². The van der Waals surface area contributed by atoms with Gasteiger partial charge < -0.3 is 14.8 Å². The van der Waals surface area contributed by atoms with E-state index in [1.54, 1.807) is 11.3 Å². The molecule has 0 fully saturated rings. The van der Waals surface area contributed by atoms with Crippen LogP contribution in [0, 0.1) is 0 Å². The quantitative estimate of drug-likeness (QED) is 0.300. The van der Waals surface area contributed by atoms with Crippen LogP contribution in [0.2, 0.25) is 0 Å². The molecule has 0 aliphatic carbocycles. The molecule has 174 valence electrons. The zero-order chi connectivity index (χ0) is 23.6. The Labute approximate surface area is 204 Å². The molecule has 34 heavy (non-hydrogen) atoms. The lowest BCUT2D eigenvalue weighted by Gasteiger charge is -2.07. The highest BCUT2D eigenvalue weighted by Crippen LogP contribution is 2.26. The van der Waals surface area contributed by atoms with Crippen LogP contribution in [0.25, 0.3) is 10.6 Å². The van der Waals surface area contributed by atoms with Crippen LogP contribution in [-0.2, 0) is 35.7 Å². The Morgan fingerprint density at radius 3 is 2.26 bits per heavy atom. The molecule has 5 nitrogen and oxygen atoms in total. The van der Waals surface area contributed by atoms with Crippen molar-refractivity contribution in [1.29, 1.82) is 0 Å². The number of nitrogens with one attached hydrogen (secondary N) is 1. The predicted molar refractivity (Wildman–Crippen MR) is 136 cm³/mol. The van der Waals surface area contributed by atoms with Crippen LogP contribution in [0.5, 0.6) is 5.75 Å². The van der Waals surface area contributed by atoms with Crippen LogP contribution in [0.1, 0.15) is 29.3 Å². The highest BCUT2D eigenvalue weighted by molar-refractivity contribution is 7.13. The lowest BCUT2D eigenvalue weighted by molar-refractivity contribution is -0.120. The van der Waals surface area contributed by atoms with Crippen molar-refractivity contribution in [1.82, 2.24) is 10.3 Å². The van der Waals surface area contributed by atoms with E-state index in [1.165, 1.54) is 0 Å². The summed E-state index contributed by atoms with van der Waals surface area (Å²) in [7, 11) is 0. The molecule has 0 radical (unpaired) electrons. The van der Waals surface area contributed by atoms with Crippen molar-refractivity contribution < 1.29 is 14.3 Å². The molecule has 1 amide bonds. The maximum atomic E-state index is 12.4. The van der Waals surface area contributed by atoms with Crippen molar-refractivity contribution in [2.24, 2.45) is 0 Å². The maximum absolute atomic E-state index is 12.4. The minimum atomic E-state index is -0.0428. The summed E-state index contributed by atoms with van der Waals surface area (Å²) in [6, 6.07) is 26.1. The highest BCUT2D eigenvalue weighted by atomic mass is 32.1. The van der Waals surface area contributed by atoms with Gasteiger partial charge in [0.1, 0.15) is 10.8 Å². The van der Waals surface area contributed by atoms with E-state index in [-0.39, 0.29) is 12.3 Å². The first-order valence-electron chi connectivity index (χ1n) is 11.3. The van der Waals surface area contributed by atoms with E-state index in [0.717, 1.165) is 38.7 Å². The van der Waals surface area contributed by atoms with Crippen LogP contribution in [-0.4, -0.2) is 17.5 Å². The fourth-order valence-corrected chi connectivity index (χ4v) is 4.25. The number of rotatable bonds is 11. The molecule has 0 bridgehead atoms. The van der Waals surface area contributed by atoms with Gasteiger partial charge in [0.05, 0.1) is 31.9 Å². The Kier molecular flexibility index (Phi) is 8.43. The molecule has 0 atom stereocenters. The van der Waals surface area contributed by atoms with Gasteiger partial charge in [0.2, 0.25) is 5.91 Å². The number of hydrogen-bond acceptors (Lipinski definition) is 5. The van der Waals surface area contributed by atoms with E-state index in [0.29, 0.717) is 26.4 Å². The maximum Gasteiger partial charge on any atom is 0.226 e. The molecule has 4 rings (SSSR count). The van der Waals surface area contributed by atoms with Gasteiger partial charge in [-0.15, -0.1) is 11.3 Å². The Morgan fingerprint density at radius 2 is 1.56 bits per heavy atom. The Morgan fingerprint density at radius 1 is 0.882 bits per heavy atom. The van der Waals surface area contributed by atoms with Crippen molar-refractivity contribution in [3.05, 3.63) is 107 Å². The normalized spacial score (nSPS) is 10.7. The molecule has 4 aromatic rings. The fraction of sp³-hybridized carbons (Fsp3) is 0.214. The molecule has 3 aromatic carbocycles. The summed E-state index contributed by atoms with van der Waals surface area (Å²) in [5, 5.41) is 5.82. The van der Waals surface area contributed by atoms with Crippen molar-refractivity contribution in [3.8, 4) is 16.3 Å². The molecule has 0 saturated carbocycles. The predicted octanol–water partition coefficient (Wildman–Crippen LogP) is 5.78. The van der Waals surface area contributed by atoms with Crippen LogP contribution in [0.4, 0.5) is 0 Å². The van der Waals surface area contributed by atoms with E-state index in [9.17, 15) is 4.79 Å². The van der Waals surface area contributed by atoms with Gasteiger partial charge in [-0.05, 0) is 47.9 Å². The van der Waals surface area contributed by atoms with Crippen molar-refractivity contribution in [3.63, 3.8) is 0 Å². The zero-order valence-electron chi connectivity index (χ0n) is 19.2. The fourth-order valence-electron chi connectivity index (χ4n) is 3.42. The zero-order valence-corrected chi connectivity index (χ0v) is 20.0. The van der Waals surface area contributed by atoms with E-state index in [1.807, 2.05) is 79.0 Å². The Hall–Kier alpha value is -3.48. The molecule has 0 spiro atoms. The number of amides is 1. The van der Waals surface area contributed by atoms with E-state index in [4.69, 9.17) is 9.47 Å². The highest BCUT2D eigenvalue weighted by Gasteiger charge is 2.09. The van der Waals surface area contributed by atoms with E-state index < -0.39 is 0 Å². The Bertz CT molecular complexity index is 1170. The van der Waals surface area contributed by atoms with Gasteiger partial charge in [-0.25, -0.2) is 4.98 Å². The third-order valence-corrected chi connectivity index (χ3v) is 6.14. The minimum Gasteiger partial charge on any atom is -0.494 e. The summed E-state index contributed by atoms with van der Waals surface area (Å²) in [5.74, 6) is 0.800. The Balaban J connectivity index is 1.21. The first kappa shape index (κ1) is 23.7. The molecule has 0 aliphatic rings. The number of ether oxygens (including phenoxy) is 2. The van der Waals surface area contributed by atoms with Gasteiger partial charge in [0, 0.05) is 17.5 Å². The largest absolute Gasteiger partial charge is 0.494 e. The number of benzene rings is 3. The second-order valence-corrected chi connectivity index (χ2v) is 8.71. The van der Waals surface area contributed by atoms with Gasteiger partial charge in [0.25, 0.3) is 0 Å². The lowest BCUT2D eigenvalue weighted by Crippen LogP contribution is -2.24. The summed E-state index contributed by atoms with van der Waals surface area (Å²) in [4.78, 5) is 17.0. The molecule has 1 N–H and O–H groups in total. The van der Waals surface area contributed by atoms with Gasteiger partial charge in [-0.1, -0.05) is 54.6 Å². The topological polar surface area (TPSA) is 60.5 Å². The first-order valence-corrected chi connectivity index (χ1v) is 12.2. The number of hydrogen-bond donors (Lipinski definition) is 1. The van der Waals surface area contributed by atoms with Crippen LogP contribution in [0.3, 0.4) is 0 Å². The van der Waals surface area contributed by atoms with Gasteiger partial charge in [0.15, 0.2) is 0 Å². The second kappa shape index (κ2) is 12.1. The second-order valence-electron chi connectivity index (χ2n) is 7.85. The summed E-state index contributed by atoms with van der Waals surface area (Å²) in [6.07, 6.45) is 0.263. The summed E-state index contributed by atoms with van der Waals surface area (Å²) in [6.45, 7) is 4.24. The molecule has 0 saturated heterocycles. The summed E-state index contributed by atoms with van der Waals surface area (Å²) < 4.78 is 11.3. The lowest BCUT2D eigenvalue weighted by atomic mass is 10.1. The van der Waals surface area contributed by atoms with Gasteiger partial charge >= 0.3 is 0 Å². The number of aromatic nitrogens is 1. The number of nitrogens with zero attached hydrogens (tertiary/aromatic N) is 1. The number of carbonyl (C=O) groups excluding carboxylic acids is 1. The standard InChI is InChI=1S/C28H28N2O3S/c1-2-33-26-14-12-24(13-15-26)28-30-25(20-34-28)16-27(31)29-17-21-8-10-23(11-9-21)19-32-18-22-6-4-3-5-7-22/h3-15,20H,2,16-19H2,1H3,(H,29,31). The van der Waals surface area contributed by atoms with E-state index in [2.05, 4.69) is 22.4 Å². The molecule has 0 aliphatic heterocycles. The molecular formula is C28H28N2O3S. The van der Waals surface area contributed by atoms with E-state index >= 15 is 0 Å². The van der Waals surface area contributed by atoms with Crippen molar-refractivity contribution in [2.45, 2.75) is 33.1 Å². The smallest absolute Gasteiger partial charge is 0.226 e. The SMILES string of the molecule is CCOc1ccc(-c2nc(CC(=O)NCc3ccc(COCc4ccccc4)cc3)cs2)cc1. The third kappa shape index (κ3) is 7.01. The van der Waals surface area contributed by atoms with Gasteiger partial charge in [-0.2, -0.15) is 0 Å². The number of carbonyl (C=O) groups is 1. The summed E-state index contributed by atoms with van der Waals surface area (Å²) in [5.41, 5.74) is 5.11. The summed E-state index contributed by atoms with van der Waals surface area (Å²) >= 11 is 1.54. The van der Waals surface area contributed by atoms with Gasteiger partial charge in [-0.3, -0.25) is 4.79 Å². The molecule has 1 heterocycles. The van der Waals surface area contributed by atoms with Crippen LogP contribution >= 0.6 is 11.3 Å². The molecule has 1 aromatic heterocycles. The third-order valence-electron chi connectivity index (χ3n) is 5.20. The average molecular weight is 473 g/mol. The number of thiazole rings is 1. The van der Waals surface area contributed by atoms with Crippen LogP contribution < -0.4 is 10.1 Å². The minimum absolute atomic E-state index is 0.0428.